The second-order valence-electron chi connectivity index (χ2n) is 4.36. The van der Waals surface area contributed by atoms with Gasteiger partial charge >= 0.3 is 0 Å². The minimum absolute atomic E-state index is 0.0512. The van der Waals surface area contributed by atoms with Gasteiger partial charge in [-0.05, 0) is 44.9 Å². The summed E-state index contributed by atoms with van der Waals surface area (Å²) in [7, 11) is -3.65. The molecule has 0 aliphatic carbocycles. The molecule has 0 saturated heterocycles. The zero-order chi connectivity index (χ0) is 13.2. The Hall–Kier alpha value is -1.27. The van der Waals surface area contributed by atoms with Crippen molar-refractivity contribution in [2.24, 2.45) is 0 Å². The molecule has 0 heterocycles. The van der Waals surface area contributed by atoms with Crippen molar-refractivity contribution >= 4 is 15.9 Å². The van der Waals surface area contributed by atoms with Crippen LogP contribution in [0.15, 0.2) is 12.1 Å². The number of hydrogen-bond acceptors (Lipinski definition) is 3. The molecule has 0 aliphatic rings. The summed E-state index contributed by atoms with van der Waals surface area (Å²) in [6.07, 6.45) is 0. The smallest absolute Gasteiger partial charge is 0.299 e. The van der Waals surface area contributed by atoms with Crippen molar-refractivity contribution in [3.8, 4) is 5.75 Å². The lowest BCUT2D eigenvalue weighted by atomic mass is 10.1. The summed E-state index contributed by atoms with van der Waals surface area (Å²) in [4.78, 5) is 0. The molecule has 96 valence electrons. The van der Waals surface area contributed by atoms with Gasteiger partial charge in [0.25, 0.3) is 10.2 Å². The molecule has 0 saturated carbocycles. The Morgan fingerprint density at radius 3 is 2.35 bits per heavy atom. The van der Waals surface area contributed by atoms with Gasteiger partial charge in [-0.15, -0.1) is 0 Å². The summed E-state index contributed by atoms with van der Waals surface area (Å²) in [5.74, 6) is -0.0512. The van der Waals surface area contributed by atoms with E-state index >= 15 is 0 Å². The minimum atomic E-state index is -3.65. The zero-order valence-electron chi connectivity index (χ0n) is 10.4. The van der Waals surface area contributed by atoms with Crippen molar-refractivity contribution in [3.63, 3.8) is 0 Å². The van der Waals surface area contributed by atoms with Crippen LogP contribution in [0.2, 0.25) is 0 Å². The number of rotatable bonds is 4. The van der Waals surface area contributed by atoms with E-state index in [0.29, 0.717) is 5.56 Å². The molecule has 0 atom stereocenters. The number of phenols is 1. The van der Waals surface area contributed by atoms with E-state index in [1.54, 1.807) is 32.9 Å². The van der Waals surface area contributed by atoms with Crippen LogP contribution in [0.5, 0.6) is 5.75 Å². The van der Waals surface area contributed by atoms with Gasteiger partial charge < -0.3 is 5.11 Å². The van der Waals surface area contributed by atoms with Gasteiger partial charge in [0.2, 0.25) is 0 Å². The molecule has 0 aromatic heterocycles. The molecule has 1 aromatic carbocycles. The summed E-state index contributed by atoms with van der Waals surface area (Å²) in [5, 5.41) is 9.76. The topological polar surface area (TPSA) is 78.4 Å². The molecule has 5 nitrogen and oxygen atoms in total. The summed E-state index contributed by atoms with van der Waals surface area (Å²) in [6.45, 7) is 7.00. The standard InChI is InChI=1S/C11H18N2O3S/c1-7(2)12-17(15,16)13-10-6-8(3)5-9(4)11(10)14/h5-7,12-14H,1-4H3. The molecule has 1 rings (SSSR count). The van der Waals surface area contributed by atoms with Crippen LogP contribution < -0.4 is 9.44 Å². The van der Waals surface area contributed by atoms with Crippen LogP contribution in [-0.4, -0.2) is 19.6 Å². The largest absolute Gasteiger partial charge is 0.505 e. The number of benzene rings is 1. The highest BCUT2D eigenvalue weighted by Crippen LogP contribution is 2.29. The number of anilines is 1. The van der Waals surface area contributed by atoms with E-state index in [4.69, 9.17) is 0 Å². The summed E-state index contributed by atoms with van der Waals surface area (Å²) < 4.78 is 28.0. The number of phenolic OH excluding ortho intramolecular Hbond substituents is 1. The number of aryl methyl sites for hydroxylation is 2. The van der Waals surface area contributed by atoms with Crippen molar-refractivity contribution in [2.45, 2.75) is 33.7 Å². The van der Waals surface area contributed by atoms with Crippen molar-refractivity contribution in [1.82, 2.24) is 4.72 Å². The summed E-state index contributed by atoms with van der Waals surface area (Å²) in [5.41, 5.74) is 1.70. The van der Waals surface area contributed by atoms with Crippen LogP contribution in [0.4, 0.5) is 5.69 Å². The van der Waals surface area contributed by atoms with Crippen LogP contribution in [0.1, 0.15) is 25.0 Å². The molecular weight excluding hydrogens is 240 g/mol. The van der Waals surface area contributed by atoms with E-state index in [9.17, 15) is 13.5 Å². The highest BCUT2D eigenvalue weighted by atomic mass is 32.2. The van der Waals surface area contributed by atoms with Gasteiger partial charge in [-0.1, -0.05) is 6.07 Å². The highest BCUT2D eigenvalue weighted by molar-refractivity contribution is 7.90. The number of nitrogens with one attached hydrogen (secondary N) is 2. The Labute approximate surface area is 102 Å². The average Bonchev–Trinajstić information content (AvgIpc) is 2.10. The SMILES string of the molecule is Cc1cc(C)c(O)c(NS(=O)(=O)NC(C)C)c1. The maximum absolute atomic E-state index is 11.7. The van der Waals surface area contributed by atoms with Crippen molar-refractivity contribution in [3.05, 3.63) is 23.3 Å². The molecule has 0 spiro atoms. The van der Waals surface area contributed by atoms with E-state index in [1.165, 1.54) is 0 Å². The van der Waals surface area contributed by atoms with Crippen LogP contribution >= 0.6 is 0 Å². The van der Waals surface area contributed by atoms with Crippen LogP contribution in [-0.2, 0) is 10.2 Å². The van der Waals surface area contributed by atoms with E-state index in [1.807, 2.05) is 6.92 Å². The first kappa shape index (κ1) is 13.8. The second-order valence-corrected chi connectivity index (χ2v) is 5.80. The fraction of sp³-hybridized carbons (Fsp3) is 0.455. The maximum atomic E-state index is 11.7. The van der Waals surface area contributed by atoms with Crippen LogP contribution in [0, 0.1) is 13.8 Å². The van der Waals surface area contributed by atoms with Gasteiger partial charge in [0.15, 0.2) is 0 Å². The molecule has 0 amide bonds. The third kappa shape index (κ3) is 3.90. The minimum Gasteiger partial charge on any atom is -0.505 e. The second kappa shape index (κ2) is 4.93. The normalized spacial score (nSPS) is 11.8. The predicted octanol–water partition coefficient (Wildman–Crippen LogP) is 1.66. The predicted molar refractivity (Wildman–Crippen MR) is 68.4 cm³/mol. The van der Waals surface area contributed by atoms with Gasteiger partial charge in [-0.3, -0.25) is 4.72 Å². The Balaban J connectivity index is 3.04. The zero-order valence-corrected chi connectivity index (χ0v) is 11.2. The first-order chi connectivity index (χ1) is 7.71. The Morgan fingerprint density at radius 1 is 1.24 bits per heavy atom. The van der Waals surface area contributed by atoms with E-state index in [-0.39, 0.29) is 17.5 Å². The van der Waals surface area contributed by atoms with E-state index in [0.717, 1.165) is 5.56 Å². The van der Waals surface area contributed by atoms with Crippen LogP contribution in [0.25, 0.3) is 0 Å². The van der Waals surface area contributed by atoms with Crippen molar-refractivity contribution < 1.29 is 13.5 Å². The Morgan fingerprint density at radius 2 is 1.82 bits per heavy atom. The van der Waals surface area contributed by atoms with Gasteiger partial charge in [-0.25, -0.2) is 0 Å². The molecule has 0 fully saturated rings. The monoisotopic (exact) mass is 258 g/mol. The van der Waals surface area contributed by atoms with Crippen molar-refractivity contribution in [1.29, 1.82) is 0 Å². The van der Waals surface area contributed by atoms with E-state index in [2.05, 4.69) is 9.44 Å². The summed E-state index contributed by atoms with van der Waals surface area (Å²) in [6, 6.07) is 3.16. The fourth-order valence-corrected chi connectivity index (χ4v) is 2.65. The molecule has 0 bridgehead atoms. The maximum Gasteiger partial charge on any atom is 0.299 e. The van der Waals surface area contributed by atoms with Gasteiger partial charge in [0.05, 0.1) is 5.69 Å². The highest BCUT2D eigenvalue weighted by Gasteiger charge is 2.14. The molecule has 1 aromatic rings. The van der Waals surface area contributed by atoms with Crippen LogP contribution in [0.3, 0.4) is 0 Å². The molecule has 0 radical (unpaired) electrons. The Kier molecular flexibility index (Phi) is 4.00. The average molecular weight is 258 g/mol. The van der Waals surface area contributed by atoms with Crippen molar-refractivity contribution in [2.75, 3.05) is 4.72 Å². The lowest BCUT2D eigenvalue weighted by molar-refractivity contribution is 0.473. The third-order valence-corrected chi connectivity index (χ3v) is 3.35. The molecular formula is C11H18N2O3S. The quantitative estimate of drug-likeness (QED) is 0.719. The lowest BCUT2D eigenvalue weighted by Gasteiger charge is -2.14. The molecule has 3 N–H and O–H groups in total. The molecule has 0 aliphatic heterocycles. The Bertz CT molecular complexity index is 510. The first-order valence-electron chi connectivity index (χ1n) is 5.31. The van der Waals surface area contributed by atoms with Gasteiger partial charge in [-0.2, -0.15) is 13.1 Å². The third-order valence-electron chi connectivity index (χ3n) is 2.08. The first-order valence-corrected chi connectivity index (χ1v) is 6.80. The molecule has 0 unspecified atom stereocenters. The molecule has 6 heteroatoms. The van der Waals surface area contributed by atoms with Gasteiger partial charge in [0.1, 0.15) is 5.75 Å². The van der Waals surface area contributed by atoms with Gasteiger partial charge in [0, 0.05) is 6.04 Å². The number of hydrogen-bond donors (Lipinski definition) is 3. The lowest BCUT2D eigenvalue weighted by Crippen LogP contribution is -2.35. The molecule has 17 heavy (non-hydrogen) atoms. The van der Waals surface area contributed by atoms with E-state index < -0.39 is 10.2 Å². The summed E-state index contributed by atoms with van der Waals surface area (Å²) >= 11 is 0. The number of aromatic hydroxyl groups is 1. The fourth-order valence-electron chi connectivity index (χ4n) is 1.52.